The Balaban J connectivity index is 1.34. The van der Waals surface area contributed by atoms with Crippen molar-refractivity contribution in [1.82, 2.24) is 25.3 Å². The average Bonchev–Trinajstić information content (AvgIpc) is 2.83. The lowest BCUT2D eigenvalue weighted by Crippen LogP contribution is -2.53. The van der Waals surface area contributed by atoms with Gasteiger partial charge < -0.3 is 25.0 Å². The number of hydrogen-bond acceptors (Lipinski definition) is 6. The van der Waals surface area contributed by atoms with E-state index in [1.807, 2.05) is 36.1 Å². The fourth-order valence-electron chi connectivity index (χ4n) is 3.78. The van der Waals surface area contributed by atoms with Crippen LogP contribution in [0.2, 0.25) is 0 Å². The predicted molar refractivity (Wildman–Crippen MR) is 123 cm³/mol. The number of rotatable bonds is 10. The molecule has 2 fully saturated rings. The molecule has 9 heteroatoms. The first kappa shape index (κ1) is 24.3. The van der Waals surface area contributed by atoms with Crippen LogP contribution in [-0.4, -0.2) is 105 Å². The third kappa shape index (κ3) is 8.29. The Morgan fingerprint density at radius 3 is 2.56 bits per heavy atom. The Kier molecular flexibility index (Phi) is 10.1. The zero-order chi connectivity index (χ0) is 22.6. The summed E-state index contributed by atoms with van der Waals surface area (Å²) in [7, 11) is 0. The van der Waals surface area contributed by atoms with Crippen LogP contribution in [0, 0.1) is 0 Å². The second-order valence-electron chi connectivity index (χ2n) is 8.22. The van der Waals surface area contributed by atoms with Gasteiger partial charge in [-0.2, -0.15) is 0 Å². The number of hydrogen-bond donors (Lipinski definition) is 2. The lowest BCUT2D eigenvalue weighted by atomic mass is 10.2. The molecular weight excluding hydrogens is 410 g/mol. The van der Waals surface area contributed by atoms with E-state index in [1.54, 1.807) is 0 Å². The smallest absolute Gasteiger partial charge is 0.317 e. The number of nitrogens with zero attached hydrogens (tertiary/aromatic N) is 3. The molecule has 32 heavy (non-hydrogen) atoms. The number of carbonyl (C=O) groups is 2. The molecule has 9 nitrogen and oxygen atoms in total. The highest BCUT2D eigenvalue weighted by Gasteiger charge is 2.22. The highest BCUT2D eigenvalue weighted by Crippen LogP contribution is 2.14. The summed E-state index contributed by atoms with van der Waals surface area (Å²) in [6.07, 6.45) is 0.934. The second-order valence-corrected chi connectivity index (χ2v) is 8.22. The van der Waals surface area contributed by atoms with Crippen molar-refractivity contribution in [1.29, 1.82) is 0 Å². The summed E-state index contributed by atoms with van der Waals surface area (Å²) in [6.45, 7) is 11.3. The third-order valence-electron chi connectivity index (χ3n) is 5.72. The SMILES string of the molecule is CCCNC(=O)CN1CCN(C(=O)NCc2cccc(OCCN3CCOCC3)c2)CC1. The van der Waals surface area contributed by atoms with Gasteiger partial charge in [-0.15, -0.1) is 0 Å². The van der Waals surface area contributed by atoms with Gasteiger partial charge in [0.1, 0.15) is 12.4 Å². The Labute approximate surface area is 191 Å². The molecule has 2 saturated heterocycles. The number of piperazine rings is 1. The molecule has 0 saturated carbocycles. The van der Waals surface area contributed by atoms with Crippen molar-refractivity contribution in [3.05, 3.63) is 29.8 Å². The van der Waals surface area contributed by atoms with Gasteiger partial charge >= 0.3 is 6.03 Å². The van der Waals surface area contributed by atoms with Crippen LogP contribution in [-0.2, 0) is 16.1 Å². The number of ether oxygens (including phenoxy) is 2. The number of carbonyl (C=O) groups excluding carboxylic acids is 2. The van der Waals surface area contributed by atoms with Gasteiger partial charge in [0.05, 0.1) is 19.8 Å². The zero-order valence-corrected chi connectivity index (χ0v) is 19.2. The van der Waals surface area contributed by atoms with Gasteiger partial charge in [-0.25, -0.2) is 4.79 Å². The molecule has 2 aliphatic rings. The van der Waals surface area contributed by atoms with Gasteiger partial charge in [-0.05, 0) is 24.1 Å². The molecule has 3 rings (SSSR count). The second kappa shape index (κ2) is 13.2. The summed E-state index contributed by atoms with van der Waals surface area (Å²) in [4.78, 5) is 30.6. The van der Waals surface area contributed by atoms with Crippen LogP contribution >= 0.6 is 0 Å². The number of nitrogens with one attached hydrogen (secondary N) is 2. The van der Waals surface area contributed by atoms with Gasteiger partial charge in [0.15, 0.2) is 0 Å². The summed E-state index contributed by atoms with van der Waals surface area (Å²) in [6, 6.07) is 7.79. The summed E-state index contributed by atoms with van der Waals surface area (Å²) in [5.41, 5.74) is 1.01. The zero-order valence-electron chi connectivity index (χ0n) is 19.2. The van der Waals surface area contributed by atoms with E-state index < -0.39 is 0 Å². The van der Waals surface area contributed by atoms with E-state index >= 15 is 0 Å². The van der Waals surface area contributed by atoms with Gasteiger partial charge in [-0.1, -0.05) is 19.1 Å². The molecule has 0 aromatic heterocycles. The average molecular weight is 448 g/mol. The van der Waals surface area contributed by atoms with Crippen LogP contribution < -0.4 is 15.4 Å². The maximum atomic E-state index is 12.5. The molecule has 1 aromatic rings. The summed E-state index contributed by atoms with van der Waals surface area (Å²) in [5, 5.41) is 5.89. The van der Waals surface area contributed by atoms with Crippen molar-refractivity contribution in [2.24, 2.45) is 0 Å². The van der Waals surface area contributed by atoms with Crippen LogP contribution in [0.3, 0.4) is 0 Å². The highest BCUT2D eigenvalue weighted by atomic mass is 16.5. The first-order chi connectivity index (χ1) is 15.6. The number of morpholine rings is 1. The summed E-state index contributed by atoms with van der Waals surface area (Å²) < 4.78 is 11.3. The van der Waals surface area contributed by atoms with Crippen molar-refractivity contribution < 1.29 is 19.1 Å². The maximum Gasteiger partial charge on any atom is 0.317 e. The molecule has 0 spiro atoms. The summed E-state index contributed by atoms with van der Waals surface area (Å²) in [5.74, 6) is 0.872. The molecular formula is C23H37N5O4. The molecule has 178 valence electrons. The van der Waals surface area contributed by atoms with Gasteiger partial charge in [0.25, 0.3) is 0 Å². The van der Waals surface area contributed by atoms with Crippen LogP contribution in [0.15, 0.2) is 24.3 Å². The van der Waals surface area contributed by atoms with E-state index in [-0.39, 0.29) is 11.9 Å². The monoisotopic (exact) mass is 447 g/mol. The van der Waals surface area contributed by atoms with Crippen LogP contribution in [0.1, 0.15) is 18.9 Å². The number of amides is 3. The largest absolute Gasteiger partial charge is 0.492 e. The molecule has 3 amide bonds. The summed E-state index contributed by atoms with van der Waals surface area (Å²) >= 11 is 0. The first-order valence-electron chi connectivity index (χ1n) is 11.7. The fourth-order valence-corrected chi connectivity index (χ4v) is 3.78. The van der Waals surface area contributed by atoms with Gasteiger partial charge in [-0.3, -0.25) is 14.6 Å². The molecule has 0 aliphatic carbocycles. The van der Waals surface area contributed by atoms with Crippen LogP contribution in [0.5, 0.6) is 5.75 Å². The quantitative estimate of drug-likeness (QED) is 0.551. The van der Waals surface area contributed by atoms with Gasteiger partial charge in [0, 0.05) is 58.9 Å². The number of urea groups is 1. The van der Waals surface area contributed by atoms with E-state index in [2.05, 4.69) is 20.4 Å². The van der Waals surface area contributed by atoms with E-state index in [9.17, 15) is 9.59 Å². The van der Waals surface area contributed by atoms with Crippen molar-refractivity contribution in [2.75, 3.05) is 78.7 Å². The minimum Gasteiger partial charge on any atom is -0.492 e. The molecule has 0 atom stereocenters. The van der Waals surface area contributed by atoms with Crippen molar-refractivity contribution in [3.8, 4) is 5.75 Å². The third-order valence-corrected chi connectivity index (χ3v) is 5.72. The number of benzene rings is 1. The maximum absolute atomic E-state index is 12.5. The van der Waals surface area contributed by atoms with Crippen molar-refractivity contribution in [3.63, 3.8) is 0 Å². The lowest BCUT2D eigenvalue weighted by Gasteiger charge is -2.34. The normalized spacial score (nSPS) is 17.7. The molecule has 2 aliphatic heterocycles. The highest BCUT2D eigenvalue weighted by molar-refractivity contribution is 5.78. The Morgan fingerprint density at radius 2 is 1.81 bits per heavy atom. The Morgan fingerprint density at radius 1 is 1.03 bits per heavy atom. The van der Waals surface area contributed by atoms with Gasteiger partial charge in [0.2, 0.25) is 5.91 Å². The van der Waals surface area contributed by atoms with E-state index in [0.29, 0.717) is 52.4 Å². The molecule has 0 unspecified atom stereocenters. The molecule has 1 aromatic carbocycles. The topological polar surface area (TPSA) is 86.4 Å². The minimum atomic E-state index is -0.0706. The fraction of sp³-hybridized carbons (Fsp3) is 0.652. The minimum absolute atomic E-state index is 0.0526. The van der Waals surface area contributed by atoms with Crippen LogP contribution in [0.4, 0.5) is 4.79 Å². The molecule has 0 radical (unpaired) electrons. The predicted octanol–water partition coefficient (Wildman–Crippen LogP) is 0.751. The van der Waals surface area contributed by atoms with Crippen molar-refractivity contribution >= 4 is 11.9 Å². The molecule has 2 N–H and O–H groups in total. The van der Waals surface area contributed by atoms with E-state index in [1.165, 1.54) is 0 Å². The van der Waals surface area contributed by atoms with Crippen LogP contribution in [0.25, 0.3) is 0 Å². The van der Waals surface area contributed by atoms with E-state index in [0.717, 1.165) is 50.6 Å². The standard InChI is InChI=1S/C23H37N5O4/c1-2-6-24-22(29)19-27-7-9-28(10-8-27)23(30)25-18-20-4-3-5-21(17-20)32-16-13-26-11-14-31-15-12-26/h3-5,17H,2,6-16,18-19H2,1H3,(H,24,29)(H,25,30). The first-order valence-corrected chi connectivity index (χ1v) is 11.7. The lowest BCUT2D eigenvalue weighted by molar-refractivity contribution is -0.122. The Bertz CT molecular complexity index is 718. The molecule has 0 bridgehead atoms. The van der Waals surface area contributed by atoms with Crippen molar-refractivity contribution in [2.45, 2.75) is 19.9 Å². The Hall–Kier alpha value is -2.36. The van der Waals surface area contributed by atoms with E-state index in [4.69, 9.17) is 9.47 Å². The molecule has 2 heterocycles.